The number of carbonyl (C=O) groups excluding carboxylic acids is 1. The average molecular weight is 362 g/mol. The molecule has 0 unspecified atom stereocenters. The summed E-state index contributed by atoms with van der Waals surface area (Å²) >= 11 is 10.7. The molecule has 0 saturated heterocycles. The van der Waals surface area contributed by atoms with Crippen molar-refractivity contribution in [2.75, 3.05) is 11.9 Å². The topological polar surface area (TPSA) is 51.2 Å². The molecular weight excluding hydrogens is 352 g/mol. The van der Waals surface area contributed by atoms with Crippen LogP contribution in [-0.2, 0) is 4.74 Å². The number of halogens is 2. The third kappa shape index (κ3) is 3.68. The lowest BCUT2D eigenvalue weighted by molar-refractivity contribution is 0.0520. The summed E-state index contributed by atoms with van der Waals surface area (Å²) in [5.41, 5.74) is 1.09. The van der Waals surface area contributed by atoms with Crippen LogP contribution in [0, 0.1) is 0 Å². The first-order chi connectivity index (χ1) is 9.10. The molecule has 0 aliphatic heterocycles. The number of rotatable bonds is 4. The van der Waals surface area contributed by atoms with E-state index in [1.54, 1.807) is 24.4 Å². The molecule has 0 atom stereocenters. The molecule has 1 aromatic carbocycles. The Hall–Kier alpha value is -1.11. The van der Waals surface area contributed by atoms with Crippen molar-refractivity contribution >= 4 is 55.7 Å². The summed E-state index contributed by atoms with van der Waals surface area (Å²) in [4.78, 5) is 15.7. The van der Waals surface area contributed by atoms with Crippen molar-refractivity contribution in [2.45, 2.75) is 6.92 Å². The van der Waals surface area contributed by atoms with Crippen molar-refractivity contribution in [3.05, 3.63) is 38.8 Å². The van der Waals surface area contributed by atoms with Gasteiger partial charge in [0.05, 0.1) is 12.3 Å². The van der Waals surface area contributed by atoms with E-state index in [1.165, 1.54) is 11.3 Å². The number of thiazole rings is 1. The van der Waals surface area contributed by atoms with Gasteiger partial charge < -0.3 is 10.1 Å². The number of esters is 1. The molecule has 1 aromatic heterocycles. The summed E-state index contributed by atoms with van der Waals surface area (Å²) in [7, 11) is 0. The monoisotopic (exact) mass is 360 g/mol. The number of nitrogens with one attached hydrogen (secondary N) is 1. The molecule has 0 fully saturated rings. The first-order valence-corrected chi connectivity index (χ1v) is 7.50. The summed E-state index contributed by atoms with van der Waals surface area (Å²) < 4.78 is 5.75. The highest BCUT2D eigenvalue weighted by molar-refractivity contribution is 9.10. The van der Waals surface area contributed by atoms with Crippen LogP contribution in [0.5, 0.6) is 0 Å². The van der Waals surface area contributed by atoms with E-state index < -0.39 is 5.97 Å². The number of hydrogen-bond donors (Lipinski definition) is 1. The van der Waals surface area contributed by atoms with Gasteiger partial charge in [0.25, 0.3) is 0 Å². The number of aromatic nitrogens is 1. The molecule has 7 heteroatoms. The van der Waals surface area contributed by atoms with E-state index in [0.29, 0.717) is 22.5 Å². The van der Waals surface area contributed by atoms with Gasteiger partial charge in [0, 0.05) is 14.9 Å². The van der Waals surface area contributed by atoms with Crippen LogP contribution in [0.15, 0.2) is 28.1 Å². The minimum absolute atomic E-state index is 0.299. The number of benzene rings is 1. The summed E-state index contributed by atoms with van der Waals surface area (Å²) in [6.45, 7) is 2.09. The number of ether oxygens (including phenoxy) is 1. The maximum absolute atomic E-state index is 11.5. The van der Waals surface area contributed by atoms with Crippen molar-refractivity contribution in [1.82, 2.24) is 4.98 Å². The summed E-state index contributed by atoms with van der Waals surface area (Å²) in [6, 6.07) is 5.39. The maximum Gasteiger partial charge on any atom is 0.357 e. The standard InChI is InChI=1S/C12H10BrClN2O2S/c1-2-18-11(17)10-6-19-12(16-10)15-9-5-7(14)3-4-8(9)13/h3-6H,2H2,1H3,(H,15,16). The van der Waals surface area contributed by atoms with Crippen LogP contribution in [0.2, 0.25) is 5.02 Å². The highest BCUT2D eigenvalue weighted by Gasteiger charge is 2.12. The zero-order valence-electron chi connectivity index (χ0n) is 9.94. The first kappa shape index (κ1) is 14.3. The predicted molar refractivity (Wildman–Crippen MR) is 80.5 cm³/mol. The molecule has 0 aliphatic carbocycles. The smallest absolute Gasteiger partial charge is 0.357 e. The van der Waals surface area contributed by atoms with Crippen LogP contribution in [0.4, 0.5) is 10.8 Å². The minimum Gasteiger partial charge on any atom is -0.461 e. The van der Waals surface area contributed by atoms with E-state index in [9.17, 15) is 4.79 Å². The highest BCUT2D eigenvalue weighted by Crippen LogP contribution is 2.30. The van der Waals surface area contributed by atoms with E-state index in [4.69, 9.17) is 16.3 Å². The molecule has 2 aromatic rings. The lowest BCUT2D eigenvalue weighted by atomic mass is 10.3. The normalized spacial score (nSPS) is 10.3. The van der Waals surface area contributed by atoms with Crippen LogP contribution >= 0.6 is 38.9 Å². The predicted octanol–water partition coefficient (Wildman–Crippen LogP) is 4.48. The van der Waals surface area contributed by atoms with Crippen LogP contribution < -0.4 is 5.32 Å². The number of nitrogens with zero attached hydrogens (tertiary/aromatic N) is 1. The summed E-state index contributed by atoms with van der Waals surface area (Å²) in [5.74, 6) is -0.419. The van der Waals surface area contributed by atoms with Gasteiger partial charge in [-0.3, -0.25) is 0 Å². The molecule has 0 spiro atoms. The second-order valence-corrected chi connectivity index (χ2v) is 5.66. The Morgan fingerprint density at radius 2 is 2.37 bits per heavy atom. The second-order valence-electron chi connectivity index (χ2n) is 3.51. The van der Waals surface area contributed by atoms with E-state index >= 15 is 0 Å². The fourth-order valence-corrected chi connectivity index (χ4v) is 2.55. The Balaban J connectivity index is 2.15. The summed E-state index contributed by atoms with van der Waals surface area (Å²) in [5, 5.41) is 5.97. The molecule has 0 aliphatic rings. The molecule has 19 heavy (non-hydrogen) atoms. The molecule has 4 nitrogen and oxygen atoms in total. The average Bonchev–Trinajstić information content (AvgIpc) is 2.83. The number of carbonyl (C=O) groups is 1. The van der Waals surface area contributed by atoms with Gasteiger partial charge in [-0.25, -0.2) is 9.78 Å². The van der Waals surface area contributed by atoms with E-state index in [1.807, 2.05) is 6.07 Å². The highest BCUT2D eigenvalue weighted by atomic mass is 79.9. The Bertz CT molecular complexity index is 603. The largest absolute Gasteiger partial charge is 0.461 e. The molecule has 2 rings (SSSR count). The molecule has 1 heterocycles. The lowest BCUT2D eigenvalue weighted by Gasteiger charge is -2.05. The van der Waals surface area contributed by atoms with Crippen molar-refractivity contribution < 1.29 is 9.53 Å². The van der Waals surface area contributed by atoms with Crippen LogP contribution in [0.1, 0.15) is 17.4 Å². The first-order valence-electron chi connectivity index (χ1n) is 5.45. The third-order valence-corrected chi connectivity index (χ3v) is 3.84. The number of anilines is 2. The van der Waals surface area contributed by atoms with Gasteiger partial charge >= 0.3 is 5.97 Å². The van der Waals surface area contributed by atoms with Gasteiger partial charge in [-0.15, -0.1) is 11.3 Å². The minimum atomic E-state index is -0.419. The molecular formula is C12H10BrClN2O2S. The van der Waals surface area contributed by atoms with E-state index in [2.05, 4.69) is 26.2 Å². The second kappa shape index (κ2) is 6.36. The van der Waals surface area contributed by atoms with Gasteiger partial charge in [0.2, 0.25) is 0 Å². The third-order valence-electron chi connectivity index (χ3n) is 2.16. The molecule has 100 valence electrons. The van der Waals surface area contributed by atoms with Gasteiger partial charge in [-0.1, -0.05) is 11.6 Å². The zero-order valence-corrected chi connectivity index (χ0v) is 13.1. The van der Waals surface area contributed by atoms with Crippen molar-refractivity contribution in [1.29, 1.82) is 0 Å². The Morgan fingerprint density at radius 3 is 3.11 bits per heavy atom. The van der Waals surface area contributed by atoms with Crippen molar-refractivity contribution in [2.24, 2.45) is 0 Å². The van der Waals surface area contributed by atoms with Gasteiger partial charge in [0.1, 0.15) is 0 Å². The van der Waals surface area contributed by atoms with Gasteiger partial charge in [-0.2, -0.15) is 0 Å². The Labute approximate surface area is 127 Å². The lowest BCUT2D eigenvalue weighted by Crippen LogP contribution is -2.05. The Kier molecular flexibility index (Phi) is 4.79. The molecule has 0 amide bonds. The van der Waals surface area contributed by atoms with Crippen molar-refractivity contribution in [3.8, 4) is 0 Å². The Morgan fingerprint density at radius 1 is 1.58 bits per heavy atom. The fourth-order valence-electron chi connectivity index (χ4n) is 1.34. The zero-order chi connectivity index (χ0) is 13.8. The van der Waals surface area contributed by atoms with Crippen LogP contribution in [0.3, 0.4) is 0 Å². The van der Waals surface area contributed by atoms with E-state index in [-0.39, 0.29) is 0 Å². The van der Waals surface area contributed by atoms with Crippen molar-refractivity contribution in [3.63, 3.8) is 0 Å². The van der Waals surface area contributed by atoms with Gasteiger partial charge in [0.15, 0.2) is 10.8 Å². The van der Waals surface area contributed by atoms with Crippen LogP contribution in [-0.4, -0.2) is 17.6 Å². The molecule has 1 N–H and O–H groups in total. The molecule has 0 saturated carbocycles. The quantitative estimate of drug-likeness (QED) is 0.816. The SMILES string of the molecule is CCOC(=O)c1csc(Nc2cc(Cl)ccc2Br)n1. The van der Waals surface area contributed by atoms with E-state index in [0.717, 1.165) is 10.2 Å². The maximum atomic E-state index is 11.5. The van der Waals surface area contributed by atoms with Gasteiger partial charge in [-0.05, 0) is 41.1 Å². The number of hydrogen-bond acceptors (Lipinski definition) is 5. The fraction of sp³-hybridized carbons (Fsp3) is 0.167. The van der Waals surface area contributed by atoms with Crippen LogP contribution in [0.25, 0.3) is 0 Å². The summed E-state index contributed by atoms with van der Waals surface area (Å²) in [6.07, 6.45) is 0. The molecule has 0 bridgehead atoms. The molecule has 0 radical (unpaired) electrons.